The molecule has 1 aromatic heterocycles. The molecule has 0 radical (unpaired) electrons. The summed E-state index contributed by atoms with van der Waals surface area (Å²) in [5.74, 6) is 1.09. The van der Waals surface area contributed by atoms with Crippen molar-refractivity contribution in [1.82, 2.24) is 9.55 Å². The summed E-state index contributed by atoms with van der Waals surface area (Å²) in [5, 5.41) is 0. The Morgan fingerprint density at radius 1 is 1.04 bits per heavy atom. The van der Waals surface area contributed by atoms with Crippen LogP contribution in [0.3, 0.4) is 0 Å². The molecule has 0 bridgehead atoms. The van der Waals surface area contributed by atoms with Gasteiger partial charge in [0.15, 0.2) is 0 Å². The number of hydrogen-bond acceptors (Lipinski definition) is 1. The van der Waals surface area contributed by atoms with E-state index >= 15 is 0 Å². The van der Waals surface area contributed by atoms with Gasteiger partial charge in [-0.1, -0.05) is 50.6 Å². The molecule has 0 amide bonds. The van der Waals surface area contributed by atoms with E-state index in [1.165, 1.54) is 12.1 Å². The molecule has 2 nitrogen and oxygen atoms in total. The molecular weight excluding hydrogens is 299 g/mol. The maximum Gasteiger partial charge on any atom is 0.145 e. The minimum absolute atomic E-state index is 0.225. The third-order valence-corrected chi connectivity index (χ3v) is 4.45. The van der Waals surface area contributed by atoms with Crippen LogP contribution in [-0.2, 0) is 0 Å². The second-order valence-electron chi connectivity index (χ2n) is 6.27. The highest BCUT2D eigenvalue weighted by atomic mass is 19.1. The highest BCUT2D eigenvalue weighted by molar-refractivity contribution is 5.60. The molecule has 124 valence electrons. The predicted molar refractivity (Wildman–Crippen MR) is 97.0 cm³/mol. The Morgan fingerprint density at radius 3 is 2.33 bits per heavy atom. The average Bonchev–Trinajstić information content (AvgIpc) is 2.94. The molecule has 3 aromatic rings. The molecule has 0 aliphatic carbocycles. The van der Waals surface area contributed by atoms with E-state index < -0.39 is 0 Å². The van der Waals surface area contributed by atoms with Crippen LogP contribution in [0.15, 0.2) is 54.6 Å². The molecule has 24 heavy (non-hydrogen) atoms. The van der Waals surface area contributed by atoms with E-state index in [9.17, 15) is 4.39 Å². The van der Waals surface area contributed by atoms with Gasteiger partial charge in [0, 0.05) is 22.9 Å². The van der Waals surface area contributed by atoms with Crippen LogP contribution in [0, 0.1) is 12.7 Å². The summed E-state index contributed by atoms with van der Waals surface area (Å²) < 4.78 is 15.5. The minimum atomic E-state index is -0.225. The largest absolute Gasteiger partial charge is 0.297 e. The van der Waals surface area contributed by atoms with Crippen molar-refractivity contribution in [1.29, 1.82) is 0 Å². The smallest absolute Gasteiger partial charge is 0.145 e. The SMILES string of the molecule is CCCC(C)c1nc(-c2ccccc2)n(-c2ccc(F)cc2)c1C. The predicted octanol–water partition coefficient (Wildman–Crippen LogP) is 5.89. The molecule has 3 heteroatoms. The van der Waals surface area contributed by atoms with Crippen LogP contribution in [-0.4, -0.2) is 9.55 Å². The molecule has 0 saturated heterocycles. The molecule has 0 fully saturated rings. The van der Waals surface area contributed by atoms with Crippen molar-refractivity contribution in [3.05, 3.63) is 71.8 Å². The fraction of sp³-hybridized carbons (Fsp3) is 0.286. The molecule has 0 saturated carbocycles. The quantitative estimate of drug-likeness (QED) is 0.572. The number of halogens is 1. The number of hydrogen-bond donors (Lipinski definition) is 0. The van der Waals surface area contributed by atoms with E-state index in [-0.39, 0.29) is 5.82 Å². The minimum Gasteiger partial charge on any atom is -0.297 e. The molecule has 0 spiro atoms. The Kier molecular flexibility index (Phi) is 4.79. The van der Waals surface area contributed by atoms with Gasteiger partial charge >= 0.3 is 0 Å². The highest BCUT2D eigenvalue weighted by Crippen LogP contribution is 2.31. The monoisotopic (exact) mass is 322 g/mol. The first-order chi connectivity index (χ1) is 11.6. The summed E-state index contributed by atoms with van der Waals surface area (Å²) in [5.41, 5.74) is 4.26. The lowest BCUT2D eigenvalue weighted by molar-refractivity contribution is 0.627. The molecule has 1 atom stereocenters. The Labute approximate surface area is 143 Å². The van der Waals surface area contributed by atoms with Crippen molar-refractivity contribution in [2.75, 3.05) is 0 Å². The summed E-state index contributed by atoms with van der Waals surface area (Å²) in [4.78, 5) is 4.97. The van der Waals surface area contributed by atoms with E-state index in [2.05, 4.69) is 37.5 Å². The van der Waals surface area contributed by atoms with Crippen molar-refractivity contribution in [3.63, 3.8) is 0 Å². The summed E-state index contributed by atoms with van der Waals surface area (Å²) in [6, 6.07) is 16.8. The first-order valence-electron chi connectivity index (χ1n) is 8.52. The van der Waals surface area contributed by atoms with Crippen molar-refractivity contribution in [2.45, 2.75) is 39.5 Å². The third-order valence-electron chi connectivity index (χ3n) is 4.45. The number of aromatic nitrogens is 2. The molecule has 0 N–H and O–H groups in total. The van der Waals surface area contributed by atoms with Gasteiger partial charge < -0.3 is 0 Å². The van der Waals surface area contributed by atoms with Gasteiger partial charge in [-0.25, -0.2) is 9.37 Å². The Hall–Kier alpha value is -2.42. The van der Waals surface area contributed by atoms with Crippen LogP contribution >= 0.6 is 0 Å². The summed E-state index contributed by atoms with van der Waals surface area (Å²) in [7, 11) is 0. The maximum absolute atomic E-state index is 13.3. The van der Waals surface area contributed by atoms with Crippen LogP contribution in [0.1, 0.15) is 44.0 Å². The Balaban J connectivity index is 2.19. The summed E-state index contributed by atoms with van der Waals surface area (Å²) >= 11 is 0. The van der Waals surface area contributed by atoms with Crippen LogP contribution < -0.4 is 0 Å². The molecule has 2 aromatic carbocycles. The van der Waals surface area contributed by atoms with Crippen LogP contribution in [0.4, 0.5) is 4.39 Å². The van der Waals surface area contributed by atoms with E-state index in [4.69, 9.17) is 4.98 Å². The van der Waals surface area contributed by atoms with Gasteiger partial charge in [0.25, 0.3) is 0 Å². The van der Waals surface area contributed by atoms with Crippen molar-refractivity contribution < 1.29 is 4.39 Å². The van der Waals surface area contributed by atoms with Gasteiger partial charge in [0.1, 0.15) is 11.6 Å². The van der Waals surface area contributed by atoms with E-state index in [1.54, 1.807) is 0 Å². The van der Waals surface area contributed by atoms with Gasteiger partial charge in [0.05, 0.1) is 5.69 Å². The van der Waals surface area contributed by atoms with Crippen molar-refractivity contribution >= 4 is 0 Å². The fourth-order valence-electron chi connectivity index (χ4n) is 3.24. The van der Waals surface area contributed by atoms with Gasteiger partial charge in [-0.15, -0.1) is 0 Å². The highest BCUT2D eigenvalue weighted by Gasteiger charge is 2.20. The van der Waals surface area contributed by atoms with Gasteiger partial charge in [-0.05, 0) is 37.6 Å². The first-order valence-corrected chi connectivity index (χ1v) is 8.52. The lowest BCUT2D eigenvalue weighted by Crippen LogP contribution is -2.01. The molecule has 0 aliphatic heterocycles. The zero-order chi connectivity index (χ0) is 17.1. The normalized spacial score (nSPS) is 12.3. The van der Waals surface area contributed by atoms with E-state index in [0.29, 0.717) is 5.92 Å². The standard InChI is InChI=1S/C21H23FN2/c1-4-8-15(2)20-16(3)24(19-13-11-18(22)12-14-19)21(23-20)17-9-6-5-7-10-17/h5-7,9-15H,4,8H2,1-3H3. The van der Waals surface area contributed by atoms with Gasteiger partial charge in [0.2, 0.25) is 0 Å². The lowest BCUT2D eigenvalue weighted by Gasteiger charge is -2.12. The summed E-state index contributed by atoms with van der Waals surface area (Å²) in [6.07, 6.45) is 2.24. The number of rotatable bonds is 5. The molecule has 1 heterocycles. The van der Waals surface area contributed by atoms with Crippen molar-refractivity contribution in [3.8, 4) is 17.1 Å². The molecular formula is C21H23FN2. The maximum atomic E-state index is 13.3. The Morgan fingerprint density at radius 2 is 1.71 bits per heavy atom. The van der Waals surface area contributed by atoms with E-state index in [0.717, 1.165) is 41.3 Å². The van der Waals surface area contributed by atoms with Gasteiger partial charge in [-0.2, -0.15) is 0 Å². The lowest BCUT2D eigenvalue weighted by atomic mass is 10.0. The molecule has 3 rings (SSSR count). The topological polar surface area (TPSA) is 17.8 Å². The number of imidazole rings is 1. The van der Waals surface area contributed by atoms with Crippen molar-refractivity contribution in [2.24, 2.45) is 0 Å². The van der Waals surface area contributed by atoms with Crippen LogP contribution in [0.5, 0.6) is 0 Å². The average molecular weight is 322 g/mol. The molecule has 1 unspecified atom stereocenters. The van der Waals surface area contributed by atoms with Crippen LogP contribution in [0.25, 0.3) is 17.1 Å². The van der Waals surface area contributed by atoms with E-state index in [1.807, 2.05) is 30.3 Å². The first kappa shape index (κ1) is 16.4. The number of nitrogens with zero attached hydrogens (tertiary/aromatic N) is 2. The zero-order valence-corrected chi connectivity index (χ0v) is 14.5. The Bertz CT molecular complexity index is 804. The summed E-state index contributed by atoms with van der Waals surface area (Å²) in [6.45, 7) is 6.52. The second-order valence-corrected chi connectivity index (χ2v) is 6.27. The van der Waals surface area contributed by atoms with Gasteiger partial charge in [-0.3, -0.25) is 4.57 Å². The molecule has 0 aliphatic rings. The number of benzene rings is 2. The fourth-order valence-corrected chi connectivity index (χ4v) is 3.24. The third kappa shape index (κ3) is 3.12. The van der Waals surface area contributed by atoms with Crippen LogP contribution in [0.2, 0.25) is 0 Å². The second kappa shape index (κ2) is 7.00. The zero-order valence-electron chi connectivity index (χ0n) is 14.5.